The van der Waals surface area contributed by atoms with E-state index in [1.165, 1.54) is 25.7 Å². The van der Waals surface area contributed by atoms with Crippen LogP contribution in [0, 0.1) is 5.41 Å². The van der Waals surface area contributed by atoms with Gasteiger partial charge in [0, 0.05) is 37.1 Å². The Hall–Kier alpha value is -0.360. The molecule has 1 amide bonds. The minimum Gasteiger partial charge on any atom is -0.378 e. The number of hydrogen-bond donors (Lipinski definition) is 2. The minimum absolute atomic E-state index is 0. The number of rotatable bonds is 5. The van der Waals surface area contributed by atoms with Crippen molar-refractivity contribution >= 4 is 18.3 Å². The van der Waals surface area contributed by atoms with Gasteiger partial charge in [-0.1, -0.05) is 12.8 Å². The lowest BCUT2D eigenvalue weighted by Gasteiger charge is -2.54. The molecule has 22 heavy (non-hydrogen) atoms. The highest BCUT2D eigenvalue weighted by Crippen LogP contribution is 2.54. The number of carbonyl (C=O) groups is 1. The summed E-state index contributed by atoms with van der Waals surface area (Å²) in [7, 11) is 0. The molecule has 1 heterocycles. The Morgan fingerprint density at radius 2 is 2.18 bits per heavy atom. The van der Waals surface area contributed by atoms with Gasteiger partial charge >= 0.3 is 0 Å². The van der Waals surface area contributed by atoms with Crippen LogP contribution in [-0.2, 0) is 14.3 Å². The van der Waals surface area contributed by atoms with Crippen LogP contribution in [0.4, 0.5) is 0 Å². The van der Waals surface area contributed by atoms with Crippen molar-refractivity contribution in [2.75, 3.05) is 26.4 Å². The summed E-state index contributed by atoms with van der Waals surface area (Å²) in [5.74, 6) is 0.157. The average molecular weight is 333 g/mol. The van der Waals surface area contributed by atoms with E-state index >= 15 is 0 Å². The van der Waals surface area contributed by atoms with Crippen LogP contribution < -0.4 is 10.6 Å². The number of morpholine rings is 1. The van der Waals surface area contributed by atoms with E-state index in [1.807, 2.05) is 0 Å². The zero-order chi connectivity index (χ0) is 14.7. The monoisotopic (exact) mass is 332 g/mol. The fourth-order valence-corrected chi connectivity index (χ4v) is 4.32. The van der Waals surface area contributed by atoms with Gasteiger partial charge in [0.05, 0.1) is 19.3 Å². The van der Waals surface area contributed by atoms with Gasteiger partial charge in [-0.25, -0.2) is 0 Å². The fraction of sp³-hybridized carbons (Fsp3) is 0.938. The lowest BCUT2D eigenvalue weighted by Crippen LogP contribution is -2.64. The Bertz CT molecular complexity index is 368. The van der Waals surface area contributed by atoms with E-state index in [1.54, 1.807) is 0 Å². The highest BCUT2D eigenvalue weighted by molar-refractivity contribution is 5.85. The molecule has 3 rings (SSSR count). The van der Waals surface area contributed by atoms with Gasteiger partial charge in [-0.3, -0.25) is 4.79 Å². The van der Waals surface area contributed by atoms with Crippen molar-refractivity contribution in [3.8, 4) is 0 Å². The van der Waals surface area contributed by atoms with Gasteiger partial charge < -0.3 is 20.1 Å². The molecule has 0 aromatic rings. The standard InChI is InChI=1S/C16H28N2O3.ClH/c1-2-21-14-10-13(16(14)5-3-4-6-16)18-15(19)9-12-11-20-8-7-17-12;/h12-14,17H,2-11H2,1H3,(H,18,19);1H. The van der Waals surface area contributed by atoms with Crippen LogP contribution in [-0.4, -0.2) is 50.5 Å². The third-order valence-electron chi connectivity index (χ3n) is 5.45. The first-order chi connectivity index (χ1) is 10.2. The van der Waals surface area contributed by atoms with Crippen LogP contribution in [0.5, 0.6) is 0 Å². The lowest BCUT2D eigenvalue weighted by atomic mass is 9.60. The first-order valence-corrected chi connectivity index (χ1v) is 8.46. The molecule has 2 aliphatic carbocycles. The summed E-state index contributed by atoms with van der Waals surface area (Å²) in [6, 6.07) is 0.481. The smallest absolute Gasteiger partial charge is 0.221 e. The number of amides is 1. The second kappa shape index (κ2) is 7.95. The van der Waals surface area contributed by atoms with E-state index < -0.39 is 0 Å². The maximum absolute atomic E-state index is 12.3. The van der Waals surface area contributed by atoms with Crippen molar-refractivity contribution in [2.24, 2.45) is 5.41 Å². The first kappa shape index (κ1) is 18.0. The Morgan fingerprint density at radius 1 is 1.41 bits per heavy atom. The SMILES string of the molecule is CCOC1CC(NC(=O)CC2COCCN2)C12CCCC2.Cl. The molecule has 1 aliphatic heterocycles. The van der Waals surface area contributed by atoms with E-state index in [4.69, 9.17) is 9.47 Å². The molecule has 3 aliphatic rings. The molecule has 2 N–H and O–H groups in total. The number of carbonyl (C=O) groups excluding carboxylic acids is 1. The summed E-state index contributed by atoms with van der Waals surface area (Å²) in [5, 5.41) is 6.61. The summed E-state index contributed by atoms with van der Waals surface area (Å²) in [4.78, 5) is 12.3. The van der Waals surface area contributed by atoms with Gasteiger partial charge in [0.25, 0.3) is 0 Å². The molecule has 128 valence electrons. The summed E-state index contributed by atoms with van der Waals surface area (Å²) in [6.45, 7) is 5.07. The second-order valence-corrected chi connectivity index (χ2v) is 6.67. The van der Waals surface area contributed by atoms with Gasteiger partial charge in [0.2, 0.25) is 5.91 Å². The Labute approximate surface area is 139 Å². The molecule has 1 saturated heterocycles. The minimum atomic E-state index is 0. The van der Waals surface area contributed by atoms with E-state index in [0.717, 1.165) is 26.2 Å². The molecule has 3 fully saturated rings. The van der Waals surface area contributed by atoms with Gasteiger partial charge in [-0.05, 0) is 26.2 Å². The second-order valence-electron chi connectivity index (χ2n) is 6.67. The molecule has 0 radical (unpaired) electrons. The third kappa shape index (κ3) is 3.58. The zero-order valence-corrected chi connectivity index (χ0v) is 14.3. The van der Waals surface area contributed by atoms with E-state index in [2.05, 4.69) is 17.6 Å². The summed E-state index contributed by atoms with van der Waals surface area (Å²) < 4.78 is 11.3. The van der Waals surface area contributed by atoms with Crippen molar-refractivity contribution in [1.29, 1.82) is 0 Å². The largest absolute Gasteiger partial charge is 0.378 e. The van der Waals surface area contributed by atoms with Gasteiger partial charge in [-0.2, -0.15) is 0 Å². The summed E-state index contributed by atoms with van der Waals surface area (Å²) in [6.07, 6.45) is 6.80. The van der Waals surface area contributed by atoms with Crippen LogP contribution in [0.25, 0.3) is 0 Å². The predicted molar refractivity (Wildman–Crippen MR) is 87.3 cm³/mol. The van der Waals surface area contributed by atoms with Crippen LogP contribution in [0.3, 0.4) is 0 Å². The maximum atomic E-state index is 12.3. The van der Waals surface area contributed by atoms with Gasteiger partial charge in [0.15, 0.2) is 0 Å². The molecular formula is C16H29ClN2O3. The third-order valence-corrected chi connectivity index (χ3v) is 5.45. The molecule has 0 bridgehead atoms. The number of hydrogen-bond acceptors (Lipinski definition) is 4. The van der Waals surface area contributed by atoms with Crippen LogP contribution in [0.1, 0.15) is 45.4 Å². The van der Waals surface area contributed by atoms with E-state index in [-0.39, 0.29) is 29.8 Å². The first-order valence-electron chi connectivity index (χ1n) is 8.46. The molecule has 6 heteroatoms. The topological polar surface area (TPSA) is 59.6 Å². The lowest BCUT2D eigenvalue weighted by molar-refractivity contribution is -0.144. The Kier molecular flexibility index (Phi) is 6.50. The van der Waals surface area contributed by atoms with Gasteiger partial charge in [0.1, 0.15) is 0 Å². The van der Waals surface area contributed by atoms with Crippen LogP contribution in [0.15, 0.2) is 0 Å². The molecular weight excluding hydrogens is 304 g/mol. The molecule has 1 spiro atoms. The quantitative estimate of drug-likeness (QED) is 0.803. The van der Waals surface area contributed by atoms with Crippen molar-refractivity contribution in [3.63, 3.8) is 0 Å². The zero-order valence-electron chi connectivity index (χ0n) is 13.4. The fourth-order valence-electron chi connectivity index (χ4n) is 4.32. The summed E-state index contributed by atoms with van der Waals surface area (Å²) >= 11 is 0. The Balaban J connectivity index is 0.00000176. The van der Waals surface area contributed by atoms with Crippen molar-refractivity contribution in [3.05, 3.63) is 0 Å². The molecule has 3 unspecified atom stereocenters. The number of nitrogens with one attached hydrogen (secondary N) is 2. The number of ether oxygens (including phenoxy) is 2. The Morgan fingerprint density at radius 3 is 2.82 bits per heavy atom. The summed E-state index contributed by atoms with van der Waals surface area (Å²) in [5.41, 5.74) is 0.224. The highest BCUT2D eigenvalue weighted by atomic mass is 35.5. The predicted octanol–water partition coefficient (Wildman–Crippen LogP) is 1.64. The van der Waals surface area contributed by atoms with Gasteiger partial charge in [-0.15, -0.1) is 12.4 Å². The number of halogens is 1. The molecule has 3 atom stereocenters. The molecule has 2 saturated carbocycles. The normalized spacial score (nSPS) is 33.0. The molecule has 0 aromatic heterocycles. The maximum Gasteiger partial charge on any atom is 0.221 e. The van der Waals surface area contributed by atoms with E-state index in [0.29, 0.717) is 25.2 Å². The molecule has 5 nitrogen and oxygen atoms in total. The van der Waals surface area contributed by atoms with Crippen molar-refractivity contribution in [2.45, 2.75) is 63.6 Å². The van der Waals surface area contributed by atoms with Crippen molar-refractivity contribution in [1.82, 2.24) is 10.6 Å². The van der Waals surface area contributed by atoms with Crippen molar-refractivity contribution < 1.29 is 14.3 Å². The molecule has 0 aromatic carbocycles. The van der Waals surface area contributed by atoms with Crippen LogP contribution in [0.2, 0.25) is 0 Å². The van der Waals surface area contributed by atoms with E-state index in [9.17, 15) is 4.79 Å². The van der Waals surface area contributed by atoms with Crippen LogP contribution >= 0.6 is 12.4 Å². The highest BCUT2D eigenvalue weighted by Gasteiger charge is 2.57. The average Bonchev–Trinajstić information content (AvgIpc) is 3.00.